The molecule has 4 rings (SSSR count). The van der Waals surface area contributed by atoms with Gasteiger partial charge in [-0.05, 0) is 24.3 Å². The van der Waals surface area contributed by atoms with E-state index < -0.39 is 0 Å². The standard InChI is InChI=1S/2C8H6I.2HI/c2*1-2-4-8-7(3-1)5-6-9-8;;/h2*1-6H;2*1H/q2*+1;;/p-2. The third-order valence-corrected chi connectivity index (χ3v) is 7.40. The maximum absolute atomic E-state index is 2.31. The molecular formula is C16H12I4. The maximum atomic E-state index is 2.31. The normalized spacial score (nSPS) is 12.4. The van der Waals surface area contributed by atoms with E-state index in [2.05, 4.69) is 68.8 Å². The second kappa shape index (κ2) is 9.78. The van der Waals surface area contributed by atoms with Crippen molar-refractivity contribution >= 4 is 12.2 Å². The summed E-state index contributed by atoms with van der Waals surface area (Å²) in [4.78, 5) is 0. The van der Waals surface area contributed by atoms with Crippen LogP contribution in [-0.2, 0) is 0 Å². The summed E-state index contributed by atoms with van der Waals surface area (Å²) in [6, 6.07) is 17.2. The molecule has 0 aromatic heterocycles. The Morgan fingerprint density at radius 3 is 1.35 bits per heavy atom. The number of hydrogen-bond donors (Lipinski definition) is 0. The highest BCUT2D eigenvalue weighted by Gasteiger charge is 2.18. The fourth-order valence-corrected chi connectivity index (χ4v) is 5.93. The summed E-state index contributed by atoms with van der Waals surface area (Å²) in [6.45, 7) is 0. The number of hydrogen-bond acceptors (Lipinski definition) is 0. The summed E-state index contributed by atoms with van der Waals surface area (Å²) in [5.41, 5.74) is 2.87. The Bertz CT molecular complexity index is 562. The molecule has 0 bridgehead atoms. The van der Waals surface area contributed by atoms with Crippen LogP contribution in [-0.4, -0.2) is 0 Å². The molecule has 2 heterocycles. The lowest BCUT2D eigenvalue weighted by molar-refractivity contribution is -0.551. The van der Waals surface area contributed by atoms with Crippen molar-refractivity contribution in [3.8, 4) is 0 Å². The molecule has 20 heavy (non-hydrogen) atoms. The lowest BCUT2D eigenvalue weighted by Gasteiger charge is -1.82. The second-order valence-corrected chi connectivity index (χ2v) is 8.85. The quantitative estimate of drug-likeness (QED) is 0.239. The van der Waals surface area contributed by atoms with E-state index >= 15 is 0 Å². The second-order valence-electron chi connectivity index (χ2n) is 3.85. The van der Waals surface area contributed by atoms with Gasteiger partial charge in [-0.25, -0.2) is 0 Å². The van der Waals surface area contributed by atoms with Crippen LogP contribution >= 0.6 is 0 Å². The first-order chi connectivity index (χ1) is 8.93. The third-order valence-electron chi connectivity index (χ3n) is 2.66. The van der Waals surface area contributed by atoms with E-state index in [1.54, 1.807) is 7.14 Å². The van der Waals surface area contributed by atoms with Gasteiger partial charge in [-0.3, -0.25) is 0 Å². The Balaban J connectivity index is 0.000000182. The molecule has 0 atom stereocenters. The average molecular weight is 712 g/mol. The zero-order valence-electron chi connectivity index (χ0n) is 10.4. The zero-order chi connectivity index (χ0) is 12.2. The van der Waals surface area contributed by atoms with Crippen LogP contribution < -0.4 is 90.4 Å². The van der Waals surface area contributed by atoms with E-state index in [9.17, 15) is 0 Å². The smallest absolute Gasteiger partial charge is 0.350 e. The van der Waals surface area contributed by atoms with Crippen LogP contribution in [0.5, 0.6) is 0 Å². The van der Waals surface area contributed by atoms with Crippen molar-refractivity contribution < 1.29 is 90.4 Å². The summed E-state index contributed by atoms with van der Waals surface area (Å²) in [5, 5.41) is 0. The molecule has 2 aliphatic rings. The molecule has 0 aliphatic carbocycles. The van der Waals surface area contributed by atoms with Gasteiger partial charge in [0.25, 0.3) is 0 Å². The summed E-state index contributed by atoms with van der Waals surface area (Å²) >= 11 is 0.484. The summed E-state index contributed by atoms with van der Waals surface area (Å²) < 4.78 is 7.75. The largest absolute Gasteiger partial charge is 1.00 e. The highest BCUT2D eigenvalue weighted by Crippen LogP contribution is 2.02. The monoisotopic (exact) mass is 712 g/mol. The molecule has 0 saturated heterocycles. The van der Waals surface area contributed by atoms with E-state index in [0.29, 0.717) is 0 Å². The van der Waals surface area contributed by atoms with Crippen LogP contribution in [0, 0.1) is 7.14 Å². The minimum atomic E-state index is 0. The predicted molar refractivity (Wildman–Crippen MR) is 68.3 cm³/mol. The van der Waals surface area contributed by atoms with Gasteiger partial charge in [-0.2, -0.15) is 0 Å². The molecule has 2 aromatic carbocycles. The first-order valence-electron chi connectivity index (χ1n) is 5.71. The molecule has 0 nitrogen and oxygen atoms in total. The van der Waals surface area contributed by atoms with Crippen LogP contribution in [0.4, 0.5) is 0 Å². The van der Waals surface area contributed by atoms with Gasteiger partial charge in [0.2, 0.25) is 7.14 Å². The molecule has 0 spiro atoms. The molecule has 4 heteroatoms. The zero-order valence-corrected chi connectivity index (χ0v) is 19.1. The molecule has 2 aromatic rings. The van der Waals surface area contributed by atoms with Gasteiger partial charge < -0.3 is 48.0 Å². The fourth-order valence-electron chi connectivity index (χ4n) is 1.75. The first kappa shape index (κ1) is 18.9. The average Bonchev–Trinajstić information content (AvgIpc) is 3.08. The van der Waals surface area contributed by atoms with Gasteiger partial charge in [0.15, 0.2) is 8.17 Å². The van der Waals surface area contributed by atoms with Gasteiger partial charge in [0.1, 0.15) is 0 Å². The molecule has 2 aliphatic heterocycles. The van der Waals surface area contributed by atoms with Crippen molar-refractivity contribution in [1.82, 2.24) is 0 Å². The molecule has 0 amide bonds. The van der Waals surface area contributed by atoms with Gasteiger partial charge >= 0.3 is 42.4 Å². The Morgan fingerprint density at radius 2 is 0.950 bits per heavy atom. The minimum absolute atomic E-state index is 0. The highest BCUT2D eigenvalue weighted by atomic mass is 127. The molecule has 0 radical (unpaired) electrons. The van der Waals surface area contributed by atoms with Crippen molar-refractivity contribution in [2.24, 2.45) is 0 Å². The van der Waals surface area contributed by atoms with Gasteiger partial charge in [0.05, 0.1) is 0 Å². The molecule has 0 N–H and O–H groups in total. The van der Waals surface area contributed by atoms with Gasteiger partial charge in [0, 0.05) is 11.1 Å². The Hall–Kier alpha value is 0.840. The van der Waals surface area contributed by atoms with Crippen molar-refractivity contribution in [2.75, 3.05) is 0 Å². The van der Waals surface area contributed by atoms with Crippen molar-refractivity contribution in [3.05, 3.63) is 75.0 Å². The van der Waals surface area contributed by atoms with Crippen LogP contribution in [0.3, 0.4) is 0 Å². The Morgan fingerprint density at radius 1 is 0.550 bits per heavy atom. The molecule has 0 saturated carbocycles. The summed E-state index contributed by atoms with van der Waals surface area (Å²) in [7, 11) is 0. The van der Waals surface area contributed by atoms with Crippen molar-refractivity contribution in [1.29, 1.82) is 0 Å². The van der Waals surface area contributed by atoms with Crippen LogP contribution in [0.25, 0.3) is 12.2 Å². The van der Waals surface area contributed by atoms with E-state index in [-0.39, 0.29) is 90.4 Å². The first-order valence-corrected chi connectivity index (χ1v) is 10.4. The minimum Gasteiger partial charge on any atom is -1.00 e. The van der Waals surface area contributed by atoms with Crippen LogP contribution in [0.2, 0.25) is 0 Å². The Kier molecular flexibility index (Phi) is 9.23. The van der Waals surface area contributed by atoms with E-state index in [4.69, 9.17) is 0 Å². The highest BCUT2D eigenvalue weighted by molar-refractivity contribution is 5.49. The number of fused-ring (bicyclic) bond motifs is 2. The van der Waals surface area contributed by atoms with Gasteiger partial charge in [-0.1, -0.05) is 36.4 Å². The lowest BCUT2D eigenvalue weighted by atomic mass is 10.2. The summed E-state index contributed by atoms with van der Waals surface area (Å²) in [6.07, 6.45) is 4.45. The number of benzene rings is 2. The van der Waals surface area contributed by atoms with Crippen molar-refractivity contribution in [2.45, 2.75) is 0 Å². The predicted octanol–water partition coefficient (Wildman–Crippen LogP) is -8.13. The number of halogens is 4. The third kappa shape index (κ3) is 4.94. The lowest BCUT2D eigenvalue weighted by Crippen LogP contribution is -3.58. The van der Waals surface area contributed by atoms with Crippen LogP contribution in [0.1, 0.15) is 11.1 Å². The SMILES string of the molecule is C1=Cc2ccccc2[I+]1.C1=Cc2ccccc2[I+]1.[I-].[I-]. The van der Waals surface area contributed by atoms with E-state index in [0.717, 1.165) is 0 Å². The summed E-state index contributed by atoms with van der Waals surface area (Å²) in [5.74, 6) is 0. The Labute approximate surface area is 175 Å². The maximum Gasteiger partial charge on any atom is 0.350 e. The number of rotatable bonds is 0. The van der Waals surface area contributed by atoms with Crippen molar-refractivity contribution in [3.63, 3.8) is 0 Å². The topological polar surface area (TPSA) is 0 Å². The fraction of sp³-hybridized carbons (Fsp3) is 0. The van der Waals surface area contributed by atoms with E-state index in [1.807, 2.05) is 0 Å². The van der Waals surface area contributed by atoms with Crippen LogP contribution in [0.15, 0.2) is 56.7 Å². The van der Waals surface area contributed by atoms with Gasteiger partial charge in [-0.15, -0.1) is 0 Å². The molecule has 0 unspecified atom stereocenters. The molecular weight excluding hydrogens is 700 g/mol. The molecule has 104 valence electrons. The molecule has 0 fully saturated rings. The van der Waals surface area contributed by atoms with E-state index in [1.165, 1.54) is 11.1 Å².